The van der Waals surface area contributed by atoms with Crippen molar-refractivity contribution in [1.29, 1.82) is 0 Å². The molecule has 0 bridgehead atoms. The van der Waals surface area contributed by atoms with Crippen molar-refractivity contribution >= 4 is 0 Å². The summed E-state index contributed by atoms with van der Waals surface area (Å²) in [5, 5.41) is 3.48. The van der Waals surface area contributed by atoms with E-state index in [2.05, 4.69) is 48.8 Å². The first-order valence-corrected chi connectivity index (χ1v) is 7.30. The van der Waals surface area contributed by atoms with Crippen molar-refractivity contribution < 1.29 is 0 Å². The lowest BCUT2D eigenvalue weighted by Gasteiger charge is -2.28. The second-order valence-corrected chi connectivity index (χ2v) is 6.27. The fourth-order valence-corrected chi connectivity index (χ4v) is 3.02. The lowest BCUT2D eigenvalue weighted by Crippen LogP contribution is -2.29. The Bertz CT molecular complexity index is 377. The van der Waals surface area contributed by atoms with Crippen molar-refractivity contribution in [2.24, 2.45) is 5.92 Å². The maximum Gasteiger partial charge on any atom is 0.0950 e. The Hall–Kier alpha value is -0.830. The first-order valence-electron chi connectivity index (χ1n) is 7.30. The molecule has 0 aliphatic carbocycles. The molecule has 3 unspecified atom stereocenters. The van der Waals surface area contributed by atoms with E-state index in [4.69, 9.17) is 0 Å². The van der Waals surface area contributed by atoms with Crippen LogP contribution in [0, 0.1) is 5.92 Å². The molecule has 18 heavy (non-hydrogen) atoms. The van der Waals surface area contributed by atoms with Crippen LogP contribution in [0.4, 0.5) is 0 Å². The maximum atomic E-state index is 4.40. The number of aromatic nitrogens is 2. The number of imidazole rings is 1. The smallest absolute Gasteiger partial charge is 0.0950 e. The third kappa shape index (κ3) is 2.61. The fraction of sp³-hybridized carbons (Fsp3) is 0.800. The van der Waals surface area contributed by atoms with E-state index in [0.717, 1.165) is 19.0 Å². The van der Waals surface area contributed by atoms with E-state index < -0.39 is 0 Å². The van der Waals surface area contributed by atoms with Gasteiger partial charge < -0.3 is 9.88 Å². The summed E-state index contributed by atoms with van der Waals surface area (Å²) in [5.74, 6) is 0.782. The molecule has 3 heteroatoms. The molecular weight excluding hydrogens is 222 g/mol. The summed E-state index contributed by atoms with van der Waals surface area (Å²) >= 11 is 0. The predicted molar refractivity (Wildman–Crippen MR) is 75.8 cm³/mol. The molecule has 1 aromatic heterocycles. The van der Waals surface area contributed by atoms with Crippen LogP contribution >= 0.6 is 0 Å². The summed E-state index contributed by atoms with van der Waals surface area (Å²) in [6, 6.07) is 0.551. The molecule has 1 fully saturated rings. The van der Waals surface area contributed by atoms with E-state index in [9.17, 15) is 0 Å². The van der Waals surface area contributed by atoms with Gasteiger partial charge in [0.05, 0.1) is 6.33 Å². The van der Waals surface area contributed by atoms with Crippen molar-refractivity contribution in [3.05, 3.63) is 18.2 Å². The molecule has 0 amide bonds. The van der Waals surface area contributed by atoms with E-state index in [0.29, 0.717) is 6.04 Å². The quantitative estimate of drug-likeness (QED) is 0.869. The van der Waals surface area contributed by atoms with E-state index in [1.807, 2.05) is 6.33 Å². The Balaban J connectivity index is 2.16. The summed E-state index contributed by atoms with van der Waals surface area (Å²) in [5.41, 5.74) is 1.67. The minimum absolute atomic E-state index is 0.264. The van der Waals surface area contributed by atoms with Crippen LogP contribution < -0.4 is 5.32 Å². The molecule has 3 atom stereocenters. The summed E-state index contributed by atoms with van der Waals surface area (Å²) in [6.07, 6.45) is 7.80. The predicted octanol–water partition coefficient (Wildman–Crippen LogP) is 3.13. The largest absolute Gasteiger partial charge is 0.331 e. The molecule has 1 aliphatic heterocycles. The molecule has 0 saturated carbocycles. The Morgan fingerprint density at radius 3 is 2.89 bits per heavy atom. The van der Waals surface area contributed by atoms with Crippen molar-refractivity contribution in [1.82, 2.24) is 14.9 Å². The van der Waals surface area contributed by atoms with Gasteiger partial charge in [0, 0.05) is 29.9 Å². The molecule has 1 N–H and O–H groups in total. The van der Waals surface area contributed by atoms with Gasteiger partial charge in [-0.1, -0.05) is 27.2 Å². The second kappa shape index (κ2) is 5.43. The van der Waals surface area contributed by atoms with E-state index in [1.54, 1.807) is 0 Å². The molecule has 1 saturated heterocycles. The normalized spacial score (nSPS) is 27.3. The first-order chi connectivity index (χ1) is 8.57. The Morgan fingerprint density at radius 2 is 2.28 bits per heavy atom. The third-order valence-electron chi connectivity index (χ3n) is 4.57. The van der Waals surface area contributed by atoms with E-state index >= 15 is 0 Å². The van der Waals surface area contributed by atoms with Gasteiger partial charge in [0.2, 0.25) is 0 Å². The Labute approximate surface area is 111 Å². The Kier molecular flexibility index (Phi) is 4.10. The van der Waals surface area contributed by atoms with E-state index in [1.165, 1.54) is 25.0 Å². The van der Waals surface area contributed by atoms with Gasteiger partial charge in [0.25, 0.3) is 0 Å². The van der Waals surface area contributed by atoms with Crippen LogP contribution in [0.5, 0.6) is 0 Å². The van der Waals surface area contributed by atoms with Crippen LogP contribution in [0.2, 0.25) is 0 Å². The number of hydrogen-bond acceptors (Lipinski definition) is 2. The zero-order valence-electron chi connectivity index (χ0n) is 12.2. The second-order valence-electron chi connectivity index (χ2n) is 6.27. The van der Waals surface area contributed by atoms with Crippen LogP contribution in [0.25, 0.3) is 0 Å². The molecule has 0 aromatic carbocycles. The fourth-order valence-electron chi connectivity index (χ4n) is 3.02. The highest BCUT2D eigenvalue weighted by Crippen LogP contribution is 2.32. The van der Waals surface area contributed by atoms with Crippen LogP contribution in [-0.4, -0.2) is 22.6 Å². The van der Waals surface area contributed by atoms with Gasteiger partial charge in [0.15, 0.2) is 0 Å². The maximum absolute atomic E-state index is 4.40. The monoisotopic (exact) mass is 249 g/mol. The minimum atomic E-state index is 0.264. The Morgan fingerprint density at radius 1 is 1.50 bits per heavy atom. The van der Waals surface area contributed by atoms with Crippen molar-refractivity contribution in [2.75, 3.05) is 13.1 Å². The molecule has 0 spiro atoms. The SMILES string of the molecule is CCC(C)CC(C)n1cncc1C1(C)CCNC1. The van der Waals surface area contributed by atoms with Crippen LogP contribution in [0.1, 0.15) is 58.7 Å². The molecule has 2 heterocycles. The molecule has 3 nitrogen and oxygen atoms in total. The van der Waals surface area contributed by atoms with Gasteiger partial charge in [-0.2, -0.15) is 0 Å². The summed E-state index contributed by atoms with van der Waals surface area (Å²) in [6.45, 7) is 11.5. The molecule has 1 aromatic rings. The third-order valence-corrected chi connectivity index (χ3v) is 4.57. The highest BCUT2D eigenvalue weighted by atomic mass is 15.1. The van der Waals surface area contributed by atoms with Crippen LogP contribution in [0.15, 0.2) is 12.5 Å². The van der Waals surface area contributed by atoms with Gasteiger partial charge >= 0.3 is 0 Å². The molecule has 1 aliphatic rings. The first kappa shape index (κ1) is 13.6. The van der Waals surface area contributed by atoms with Gasteiger partial charge in [-0.05, 0) is 32.2 Å². The van der Waals surface area contributed by atoms with Gasteiger partial charge in [-0.15, -0.1) is 0 Å². The number of rotatable bonds is 5. The molecular formula is C15H27N3. The highest BCUT2D eigenvalue weighted by Gasteiger charge is 2.34. The average Bonchev–Trinajstić information content (AvgIpc) is 2.97. The van der Waals surface area contributed by atoms with Crippen molar-refractivity contribution in [2.45, 2.75) is 58.4 Å². The lowest BCUT2D eigenvalue weighted by atomic mass is 9.85. The van der Waals surface area contributed by atoms with Gasteiger partial charge in [-0.3, -0.25) is 0 Å². The van der Waals surface area contributed by atoms with E-state index in [-0.39, 0.29) is 5.41 Å². The number of hydrogen-bond donors (Lipinski definition) is 1. The lowest BCUT2D eigenvalue weighted by molar-refractivity contribution is 0.369. The highest BCUT2D eigenvalue weighted by molar-refractivity contribution is 5.18. The topological polar surface area (TPSA) is 29.9 Å². The summed E-state index contributed by atoms with van der Waals surface area (Å²) in [7, 11) is 0. The van der Waals surface area contributed by atoms with Crippen LogP contribution in [-0.2, 0) is 5.41 Å². The molecule has 0 radical (unpaired) electrons. The van der Waals surface area contributed by atoms with Gasteiger partial charge in [-0.25, -0.2) is 4.98 Å². The summed E-state index contributed by atoms with van der Waals surface area (Å²) < 4.78 is 2.40. The van der Waals surface area contributed by atoms with Crippen molar-refractivity contribution in [3.63, 3.8) is 0 Å². The van der Waals surface area contributed by atoms with Crippen molar-refractivity contribution in [3.8, 4) is 0 Å². The zero-order chi connectivity index (χ0) is 13.2. The number of nitrogens with zero attached hydrogens (tertiary/aromatic N) is 2. The molecule has 102 valence electrons. The van der Waals surface area contributed by atoms with Crippen LogP contribution in [0.3, 0.4) is 0 Å². The van der Waals surface area contributed by atoms with Gasteiger partial charge in [0.1, 0.15) is 0 Å². The number of nitrogens with one attached hydrogen (secondary N) is 1. The standard InChI is InChI=1S/C15H27N3/c1-5-12(2)8-13(3)18-11-17-9-14(18)15(4)6-7-16-10-15/h9,11-13,16H,5-8,10H2,1-4H3. The molecule has 2 rings (SSSR count). The zero-order valence-corrected chi connectivity index (χ0v) is 12.2. The minimum Gasteiger partial charge on any atom is -0.331 e. The average molecular weight is 249 g/mol. The summed E-state index contributed by atoms with van der Waals surface area (Å²) in [4.78, 5) is 4.40.